The quantitative estimate of drug-likeness (QED) is 0.214. The first kappa shape index (κ1) is 21.1. The Bertz CT molecular complexity index is 634. The smallest absolute Gasteiger partial charge is 0.326 e. The molecule has 1 aromatic rings. The minimum absolute atomic E-state index is 0.0865. The molecule has 0 radical (unpaired) electrons. The summed E-state index contributed by atoms with van der Waals surface area (Å²) in [5.74, 6) is -4.26. The number of carbonyl (C=O) groups excluding carboxylic acids is 2. The zero-order chi connectivity index (χ0) is 19.7. The highest BCUT2D eigenvalue weighted by Crippen LogP contribution is 2.03. The lowest BCUT2D eigenvalue weighted by atomic mass is 10.1. The third kappa shape index (κ3) is 6.86. The van der Waals surface area contributed by atoms with Gasteiger partial charge >= 0.3 is 11.9 Å². The fourth-order valence-corrected chi connectivity index (χ4v) is 1.99. The second-order valence-electron chi connectivity index (χ2n) is 5.46. The van der Waals surface area contributed by atoms with Crippen molar-refractivity contribution in [2.45, 2.75) is 37.4 Å². The van der Waals surface area contributed by atoms with Crippen LogP contribution in [0.1, 0.15) is 18.5 Å². The number of nitrogens with two attached hydrogens (primary N) is 1. The Kier molecular flexibility index (Phi) is 8.18. The number of nitrogens with one attached hydrogen (secondary N) is 3. The van der Waals surface area contributed by atoms with Gasteiger partial charge in [0.25, 0.3) is 0 Å². The fraction of sp³-hybridized carbons (Fsp3) is 0.500. The number of hydrogen-bond donors (Lipinski definition) is 7. The molecule has 1 rings (SSSR count). The van der Waals surface area contributed by atoms with E-state index >= 15 is 0 Å². The van der Waals surface area contributed by atoms with E-state index in [0.29, 0.717) is 5.69 Å². The minimum atomic E-state index is -1.32. The van der Waals surface area contributed by atoms with Gasteiger partial charge in [-0.25, -0.2) is 9.78 Å². The molecule has 1 aromatic heterocycles. The molecule has 0 aliphatic rings. The molecule has 0 bridgehead atoms. The first-order chi connectivity index (χ1) is 12.2. The van der Waals surface area contributed by atoms with Crippen LogP contribution >= 0.6 is 0 Å². The number of hydrogen-bond acceptors (Lipinski definition) is 7. The number of aliphatic hydroxyl groups excluding tert-OH is 1. The molecule has 0 aliphatic heterocycles. The molecule has 26 heavy (non-hydrogen) atoms. The summed E-state index contributed by atoms with van der Waals surface area (Å²) in [4.78, 5) is 52.6. The minimum Gasteiger partial charge on any atom is -0.481 e. The van der Waals surface area contributed by atoms with E-state index in [0.717, 1.165) is 0 Å². The number of H-pyrrole nitrogens is 1. The van der Waals surface area contributed by atoms with Gasteiger partial charge in [0.05, 0.1) is 12.9 Å². The standard InChI is InChI=1S/C14H21N5O7/c15-8(5-20)12(23)18-9(1-2-11(21)22)13(24)19-10(14(25)26)3-7-4-16-6-17-7/h4,6,8-10,20H,1-3,5,15H2,(H,16,17)(H,18,23)(H,19,24)(H,21,22)(H,25,26). The van der Waals surface area contributed by atoms with E-state index in [9.17, 15) is 24.3 Å². The molecule has 8 N–H and O–H groups in total. The molecule has 1 heterocycles. The lowest BCUT2D eigenvalue weighted by Crippen LogP contribution is -2.55. The molecule has 0 saturated heterocycles. The highest BCUT2D eigenvalue weighted by Gasteiger charge is 2.28. The molecule has 0 fully saturated rings. The maximum atomic E-state index is 12.3. The summed E-state index contributed by atoms with van der Waals surface area (Å²) in [5.41, 5.74) is 5.81. The van der Waals surface area contributed by atoms with E-state index < -0.39 is 54.9 Å². The molecule has 0 aliphatic carbocycles. The maximum Gasteiger partial charge on any atom is 0.326 e. The number of rotatable bonds is 11. The normalized spacial score (nSPS) is 14.1. The predicted molar refractivity (Wildman–Crippen MR) is 85.7 cm³/mol. The number of carbonyl (C=O) groups is 4. The van der Waals surface area contributed by atoms with E-state index in [1.54, 1.807) is 0 Å². The van der Waals surface area contributed by atoms with E-state index in [-0.39, 0.29) is 12.8 Å². The van der Waals surface area contributed by atoms with Crippen LogP contribution in [0.2, 0.25) is 0 Å². The van der Waals surface area contributed by atoms with Crippen LogP contribution < -0.4 is 16.4 Å². The first-order valence-corrected chi connectivity index (χ1v) is 7.63. The molecule has 3 unspecified atom stereocenters. The third-order valence-corrected chi connectivity index (χ3v) is 3.41. The summed E-state index contributed by atoms with van der Waals surface area (Å²) in [6.07, 6.45) is 1.94. The van der Waals surface area contributed by atoms with Gasteiger partial charge in [-0.05, 0) is 6.42 Å². The van der Waals surface area contributed by atoms with Gasteiger partial charge in [-0.1, -0.05) is 0 Å². The number of aliphatic hydroxyl groups is 1. The van der Waals surface area contributed by atoms with Crippen molar-refractivity contribution in [2.75, 3.05) is 6.61 Å². The summed E-state index contributed by atoms with van der Waals surface area (Å²) in [6, 6.07) is -3.94. The van der Waals surface area contributed by atoms with E-state index in [2.05, 4.69) is 20.6 Å². The summed E-state index contributed by atoms with van der Waals surface area (Å²) in [7, 11) is 0. The number of aromatic nitrogens is 2. The van der Waals surface area contributed by atoms with Gasteiger partial charge in [0, 0.05) is 24.7 Å². The number of carboxylic acid groups (broad SMARTS) is 2. The number of amides is 2. The monoisotopic (exact) mass is 371 g/mol. The number of imidazole rings is 1. The lowest BCUT2D eigenvalue weighted by molar-refractivity contribution is -0.143. The molecule has 0 saturated carbocycles. The van der Waals surface area contributed by atoms with E-state index in [1.807, 2.05) is 0 Å². The molecule has 2 amide bonds. The van der Waals surface area contributed by atoms with Crippen LogP contribution in [0.4, 0.5) is 0 Å². The van der Waals surface area contributed by atoms with Crippen molar-refractivity contribution in [3.05, 3.63) is 18.2 Å². The SMILES string of the molecule is NC(CO)C(=O)NC(CCC(=O)O)C(=O)NC(Cc1cnc[nH]1)C(=O)O. The van der Waals surface area contributed by atoms with E-state index in [4.69, 9.17) is 15.9 Å². The van der Waals surface area contributed by atoms with Gasteiger partial charge in [0.2, 0.25) is 11.8 Å². The average molecular weight is 371 g/mol. The van der Waals surface area contributed by atoms with Crippen molar-refractivity contribution in [2.24, 2.45) is 5.73 Å². The molecule has 0 aromatic carbocycles. The van der Waals surface area contributed by atoms with Gasteiger partial charge in [-0.2, -0.15) is 0 Å². The number of aliphatic carboxylic acids is 2. The Morgan fingerprint density at radius 2 is 1.81 bits per heavy atom. The predicted octanol–water partition coefficient (Wildman–Crippen LogP) is -2.81. The fourth-order valence-electron chi connectivity index (χ4n) is 1.99. The zero-order valence-corrected chi connectivity index (χ0v) is 13.7. The summed E-state index contributed by atoms with van der Waals surface area (Å²) in [6.45, 7) is -0.670. The highest BCUT2D eigenvalue weighted by atomic mass is 16.4. The number of carboxylic acids is 2. The topological polar surface area (TPSA) is 208 Å². The third-order valence-electron chi connectivity index (χ3n) is 3.41. The van der Waals surface area contributed by atoms with Crippen molar-refractivity contribution >= 4 is 23.8 Å². The second kappa shape index (κ2) is 10.1. The van der Waals surface area contributed by atoms with Crippen molar-refractivity contribution in [3.8, 4) is 0 Å². The second-order valence-corrected chi connectivity index (χ2v) is 5.46. The summed E-state index contributed by atoms with van der Waals surface area (Å²) >= 11 is 0. The van der Waals surface area contributed by atoms with Crippen LogP contribution in [0.15, 0.2) is 12.5 Å². The van der Waals surface area contributed by atoms with Crippen LogP contribution in [-0.2, 0) is 25.6 Å². The van der Waals surface area contributed by atoms with Gasteiger partial charge in [-0.15, -0.1) is 0 Å². The Hall–Kier alpha value is -2.99. The largest absolute Gasteiger partial charge is 0.481 e. The average Bonchev–Trinajstić information content (AvgIpc) is 3.09. The van der Waals surface area contributed by atoms with Gasteiger partial charge in [-0.3, -0.25) is 14.4 Å². The Labute approximate surface area is 147 Å². The Balaban J connectivity index is 2.81. The Morgan fingerprint density at radius 3 is 2.31 bits per heavy atom. The molecule has 3 atom stereocenters. The lowest BCUT2D eigenvalue weighted by Gasteiger charge is -2.22. The zero-order valence-electron chi connectivity index (χ0n) is 13.7. The van der Waals surface area contributed by atoms with Crippen LogP contribution in [0.25, 0.3) is 0 Å². The van der Waals surface area contributed by atoms with Crippen LogP contribution in [0.3, 0.4) is 0 Å². The molecule has 144 valence electrons. The van der Waals surface area contributed by atoms with E-state index in [1.165, 1.54) is 12.5 Å². The molecular formula is C14H21N5O7. The van der Waals surface area contributed by atoms with Crippen molar-refractivity contribution in [1.29, 1.82) is 0 Å². The van der Waals surface area contributed by atoms with Gasteiger partial charge < -0.3 is 36.7 Å². The first-order valence-electron chi connectivity index (χ1n) is 7.63. The van der Waals surface area contributed by atoms with Crippen LogP contribution in [0, 0.1) is 0 Å². The molecule has 12 nitrogen and oxygen atoms in total. The summed E-state index contributed by atoms with van der Waals surface area (Å²) < 4.78 is 0. The van der Waals surface area contributed by atoms with Crippen molar-refractivity contribution in [3.63, 3.8) is 0 Å². The molecular weight excluding hydrogens is 350 g/mol. The van der Waals surface area contributed by atoms with Gasteiger partial charge in [0.15, 0.2) is 0 Å². The van der Waals surface area contributed by atoms with Crippen LogP contribution in [0.5, 0.6) is 0 Å². The number of nitrogens with zero attached hydrogens (tertiary/aromatic N) is 1. The van der Waals surface area contributed by atoms with Crippen molar-refractivity contribution < 1.29 is 34.5 Å². The Morgan fingerprint density at radius 1 is 1.15 bits per heavy atom. The molecule has 12 heteroatoms. The van der Waals surface area contributed by atoms with Crippen molar-refractivity contribution in [1.82, 2.24) is 20.6 Å². The van der Waals surface area contributed by atoms with Crippen LogP contribution in [-0.4, -0.2) is 73.8 Å². The highest BCUT2D eigenvalue weighted by molar-refractivity contribution is 5.92. The molecule has 0 spiro atoms. The number of aromatic amines is 1. The maximum absolute atomic E-state index is 12.3. The summed E-state index contributed by atoms with van der Waals surface area (Å²) in [5, 5.41) is 31.3. The van der Waals surface area contributed by atoms with Gasteiger partial charge in [0.1, 0.15) is 18.1 Å².